The molecule has 1 rings (SSSR count). The van der Waals surface area contributed by atoms with Crippen molar-refractivity contribution in [2.45, 2.75) is 26.2 Å². The zero-order valence-electron chi connectivity index (χ0n) is 10.3. The normalized spacial score (nSPS) is 10.7. The third kappa shape index (κ3) is 5.31. The van der Waals surface area contributed by atoms with Crippen molar-refractivity contribution in [3.8, 4) is 0 Å². The van der Waals surface area contributed by atoms with Crippen LogP contribution in [0, 0.1) is 0 Å². The van der Waals surface area contributed by atoms with E-state index >= 15 is 0 Å². The molecule has 0 atom stereocenters. The van der Waals surface area contributed by atoms with Gasteiger partial charge in [-0.2, -0.15) is 4.89 Å². The van der Waals surface area contributed by atoms with E-state index in [-0.39, 0.29) is 12.4 Å². The zero-order chi connectivity index (χ0) is 12.5. The summed E-state index contributed by atoms with van der Waals surface area (Å²) in [5, 5.41) is 0. The van der Waals surface area contributed by atoms with Crippen LogP contribution in [0.3, 0.4) is 0 Å². The Morgan fingerprint density at radius 1 is 1.35 bits per heavy atom. The van der Waals surface area contributed by atoms with Crippen molar-refractivity contribution >= 4 is 5.97 Å². The molecule has 0 spiro atoms. The number of aryl methyl sites for hydroxylation is 1. The standard InChI is InChI=1S/C14H18O3/c1-3-4-5-7-12-8-6-9-13(10-12)11-14(15)17-16-2/h3-4,6,8-10H,5,7,11H2,1-2H3/b4-3-. The van der Waals surface area contributed by atoms with Crippen LogP contribution in [0.25, 0.3) is 0 Å². The monoisotopic (exact) mass is 234 g/mol. The summed E-state index contributed by atoms with van der Waals surface area (Å²) in [6, 6.07) is 7.96. The molecule has 0 aliphatic heterocycles. The Balaban J connectivity index is 2.56. The molecular weight excluding hydrogens is 216 g/mol. The number of hydrogen-bond acceptors (Lipinski definition) is 3. The molecule has 0 fully saturated rings. The molecule has 92 valence electrons. The Morgan fingerprint density at radius 2 is 2.12 bits per heavy atom. The van der Waals surface area contributed by atoms with E-state index in [1.54, 1.807) is 0 Å². The largest absolute Gasteiger partial charge is 0.346 e. The van der Waals surface area contributed by atoms with E-state index < -0.39 is 0 Å². The molecule has 0 saturated carbocycles. The van der Waals surface area contributed by atoms with Crippen LogP contribution in [-0.4, -0.2) is 13.1 Å². The van der Waals surface area contributed by atoms with Crippen molar-refractivity contribution in [3.05, 3.63) is 47.5 Å². The lowest BCUT2D eigenvalue weighted by atomic mass is 10.0. The minimum atomic E-state index is -0.377. The number of benzene rings is 1. The Morgan fingerprint density at radius 3 is 2.82 bits per heavy atom. The molecule has 0 aliphatic carbocycles. The first-order chi connectivity index (χ1) is 8.26. The molecule has 0 N–H and O–H groups in total. The summed E-state index contributed by atoms with van der Waals surface area (Å²) in [7, 11) is 1.32. The lowest BCUT2D eigenvalue weighted by Crippen LogP contribution is -2.07. The van der Waals surface area contributed by atoms with Gasteiger partial charge in [0.15, 0.2) is 0 Å². The molecule has 3 heteroatoms. The van der Waals surface area contributed by atoms with Gasteiger partial charge in [-0.25, -0.2) is 4.79 Å². The molecule has 0 unspecified atom stereocenters. The fourth-order valence-corrected chi connectivity index (χ4v) is 1.60. The van der Waals surface area contributed by atoms with Crippen molar-refractivity contribution in [1.82, 2.24) is 0 Å². The first kappa shape index (κ1) is 13.5. The van der Waals surface area contributed by atoms with Crippen molar-refractivity contribution in [2.75, 3.05) is 7.11 Å². The molecule has 17 heavy (non-hydrogen) atoms. The van der Waals surface area contributed by atoms with Crippen LogP contribution in [-0.2, 0) is 27.4 Å². The van der Waals surface area contributed by atoms with Gasteiger partial charge in [0, 0.05) is 0 Å². The topological polar surface area (TPSA) is 35.5 Å². The highest BCUT2D eigenvalue weighted by molar-refractivity contribution is 5.71. The molecule has 0 aromatic heterocycles. The number of carbonyl (C=O) groups is 1. The highest BCUT2D eigenvalue weighted by atomic mass is 17.2. The van der Waals surface area contributed by atoms with Gasteiger partial charge in [0.2, 0.25) is 0 Å². The predicted molar refractivity (Wildman–Crippen MR) is 66.4 cm³/mol. The molecular formula is C14H18O3. The Kier molecular flexibility index (Phi) is 6.04. The molecule has 0 radical (unpaired) electrons. The van der Waals surface area contributed by atoms with E-state index in [0.29, 0.717) is 0 Å². The third-order valence-electron chi connectivity index (χ3n) is 2.35. The second-order valence-corrected chi connectivity index (χ2v) is 3.73. The Labute approximate surface area is 102 Å². The average molecular weight is 234 g/mol. The van der Waals surface area contributed by atoms with Crippen molar-refractivity contribution in [2.24, 2.45) is 0 Å². The number of carbonyl (C=O) groups excluding carboxylic acids is 1. The van der Waals surface area contributed by atoms with Gasteiger partial charge in [-0.15, -0.1) is 0 Å². The quantitative estimate of drug-likeness (QED) is 0.431. The number of rotatable bonds is 6. The maximum Gasteiger partial charge on any atom is 0.346 e. The molecule has 0 amide bonds. The van der Waals surface area contributed by atoms with Gasteiger partial charge < -0.3 is 0 Å². The maximum atomic E-state index is 11.2. The summed E-state index contributed by atoms with van der Waals surface area (Å²) in [6.45, 7) is 2.01. The van der Waals surface area contributed by atoms with E-state index in [2.05, 4.69) is 21.9 Å². The fraction of sp³-hybridized carbons (Fsp3) is 0.357. The van der Waals surface area contributed by atoms with E-state index in [1.165, 1.54) is 12.7 Å². The molecule has 1 aromatic carbocycles. The first-order valence-corrected chi connectivity index (χ1v) is 5.68. The third-order valence-corrected chi connectivity index (χ3v) is 2.35. The summed E-state index contributed by atoms with van der Waals surface area (Å²) in [6.07, 6.45) is 6.41. The molecule has 0 bridgehead atoms. The van der Waals surface area contributed by atoms with Crippen molar-refractivity contribution < 1.29 is 14.6 Å². The Bertz CT molecular complexity index is 383. The maximum absolute atomic E-state index is 11.2. The van der Waals surface area contributed by atoms with E-state index in [0.717, 1.165) is 18.4 Å². The lowest BCUT2D eigenvalue weighted by Gasteiger charge is -2.03. The average Bonchev–Trinajstić information content (AvgIpc) is 2.30. The SMILES string of the molecule is C/C=C\CCc1cccc(CC(=O)OOC)c1. The second-order valence-electron chi connectivity index (χ2n) is 3.73. The van der Waals surface area contributed by atoms with Gasteiger partial charge in [0.1, 0.15) is 0 Å². The first-order valence-electron chi connectivity index (χ1n) is 5.68. The van der Waals surface area contributed by atoms with Gasteiger partial charge in [-0.3, -0.25) is 4.89 Å². The smallest absolute Gasteiger partial charge is 0.298 e. The van der Waals surface area contributed by atoms with Crippen molar-refractivity contribution in [3.63, 3.8) is 0 Å². The molecule has 0 aliphatic rings. The Hall–Kier alpha value is -1.61. The minimum Gasteiger partial charge on any atom is -0.298 e. The second kappa shape index (κ2) is 7.63. The summed E-state index contributed by atoms with van der Waals surface area (Å²) in [4.78, 5) is 20.0. The summed E-state index contributed by atoms with van der Waals surface area (Å²) in [5.41, 5.74) is 2.18. The van der Waals surface area contributed by atoms with Gasteiger partial charge in [-0.1, -0.05) is 36.4 Å². The van der Waals surface area contributed by atoms with E-state index in [4.69, 9.17) is 0 Å². The molecule has 3 nitrogen and oxygen atoms in total. The fourth-order valence-electron chi connectivity index (χ4n) is 1.60. The van der Waals surface area contributed by atoms with E-state index in [1.807, 2.05) is 31.2 Å². The zero-order valence-corrected chi connectivity index (χ0v) is 10.3. The van der Waals surface area contributed by atoms with Crippen LogP contribution >= 0.6 is 0 Å². The summed E-state index contributed by atoms with van der Waals surface area (Å²) < 4.78 is 0. The van der Waals surface area contributed by atoms with Gasteiger partial charge >= 0.3 is 5.97 Å². The molecule has 0 heterocycles. The molecule has 1 aromatic rings. The van der Waals surface area contributed by atoms with Crippen LogP contribution in [0.2, 0.25) is 0 Å². The van der Waals surface area contributed by atoms with Crippen LogP contribution in [0.4, 0.5) is 0 Å². The van der Waals surface area contributed by atoms with Crippen LogP contribution in [0.15, 0.2) is 36.4 Å². The summed E-state index contributed by atoms with van der Waals surface area (Å²) in [5.74, 6) is -0.377. The van der Waals surface area contributed by atoms with E-state index in [9.17, 15) is 4.79 Å². The number of hydrogen-bond donors (Lipinski definition) is 0. The lowest BCUT2D eigenvalue weighted by molar-refractivity contribution is -0.254. The number of allylic oxidation sites excluding steroid dienone is 2. The van der Waals surface area contributed by atoms with Gasteiger partial charge in [0.05, 0.1) is 13.5 Å². The predicted octanol–water partition coefficient (Wildman–Crippen LogP) is 2.84. The van der Waals surface area contributed by atoms with Gasteiger partial charge in [-0.05, 0) is 30.9 Å². The van der Waals surface area contributed by atoms with Gasteiger partial charge in [0.25, 0.3) is 0 Å². The van der Waals surface area contributed by atoms with Crippen molar-refractivity contribution in [1.29, 1.82) is 0 Å². The summed E-state index contributed by atoms with van der Waals surface area (Å²) >= 11 is 0. The molecule has 0 saturated heterocycles. The minimum absolute atomic E-state index is 0.241. The van der Waals surface area contributed by atoms with Crippen LogP contribution in [0.1, 0.15) is 24.5 Å². The highest BCUT2D eigenvalue weighted by Crippen LogP contribution is 2.09. The van der Waals surface area contributed by atoms with Crippen LogP contribution in [0.5, 0.6) is 0 Å². The van der Waals surface area contributed by atoms with Crippen LogP contribution < -0.4 is 0 Å². The highest BCUT2D eigenvalue weighted by Gasteiger charge is 2.05.